The van der Waals surface area contributed by atoms with Crippen LogP contribution in [0.5, 0.6) is 11.5 Å². The van der Waals surface area contributed by atoms with Gasteiger partial charge in [-0.3, -0.25) is 4.79 Å². The van der Waals surface area contributed by atoms with Gasteiger partial charge in [0.15, 0.2) is 11.5 Å². The first kappa shape index (κ1) is 15.7. The molecule has 0 radical (unpaired) electrons. The van der Waals surface area contributed by atoms with Crippen molar-refractivity contribution in [2.75, 3.05) is 27.3 Å². The van der Waals surface area contributed by atoms with E-state index in [1.54, 1.807) is 14.2 Å². The van der Waals surface area contributed by atoms with E-state index in [0.717, 1.165) is 43.7 Å². The predicted molar refractivity (Wildman–Crippen MR) is 82.8 cm³/mol. The molecule has 1 heterocycles. The van der Waals surface area contributed by atoms with Gasteiger partial charge in [0.2, 0.25) is 5.91 Å². The van der Waals surface area contributed by atoms with Crippen molar-refractivity contribution < 1.29 is 14.3 Å². The van der Waals surface area contributed by atoms with E-state index in [1.165, 1.54) is 6.42 Å². The Bertz CT molecular complexity index is 481. The summed E-state index contributed by atoms with van der Waals surface area (Å²) in [7, 11) is 3.25. The first-order chi connectivity index (χ1) is 10.2. The summed E-state index contributed by atoms with van der Waals surface area (Å²) in [6, 6.07) is 5.85. The van der Waals surface area contributed by atoms with Gasteiger partial charge in [0.05, 0.1) is 14.2 Å². The molecule has 1 aromatic carbocycles. The Labute approximate surface area is 127 Å². The third-order valence-electron chi connectivity index (χ3n) is 4.08. The summed E-state index contributed by atoms with van der Waals surface area (Å²) in [6.07, 6.45) is 4.24. The molecule has 0 aromatic heterocycles. The van der Waals surface area contributed by atoms with Crippen LogP contribution < -0.4 is 9.47 Å². The van der Waals surface area contributed by atoms with Crippen molar-refractivity contribution in [3.05, 3.63) is 23.8 Å². The molecular weight excluding hydrogens is 266 g/mol. The lowest BCUT2D eigenvalue weighted by Crippen LogP contribution is -2.39. The second-order valence-corrected chi connectivity index (χ2v) is 5.68. The van der Waals surface area contributed by atoms with Crippen molar-refractivity contribution in [1.29, 1.82) is 0 Å². The normalized spacial score (nSPS) is 16.4. The Balaban J connectivity index is 2.01. The lowest BCUT2D eigenvalue weighted by atomic mass is 9.98. The molecule has 4 heteroatoms. The van der Waals surface area contributed by atoms with E-state index < -0.39 is 0 Å². The maximum atomic E-state index is 12.5. The molecule has 116 valence electrons. The van der Waals surface area contributed by atoms with Crippen molar-refractivity contribution in [3.8, 4) is 11.5 Å². The Hall–Kier alpha value is -1.71. The van der Waals surface area contributed by atoms with Gasteiger partial charge in [0.25, 0.3) is 0 Å². The lowest BCUT2D eigenvalue weighted by molar-refractivity contribution is -0.135. The number of nitrogens with zero attached hydrogens (tertiary/aromatic N) is 1. The Morgan fingerprint density at radius 2 is 1.81 bits per heavy atom. The highest BCUT2D eigenvalue weighted by atomic mass is 16.5. The molecule has 1 amide bonds. The van der Waals surface area contributed by atoms with Crippen LogP contribution in [0, 0.1) is 5.92 Å². The first-order valence-corrected chi connectivity index (χ1v) is 7.65. The van der Waals surface area contributed by atoms with Gasteiger partial charge in [-0.2, -0.15) is 0 Å². The number of benzene rings is 1. The molecule has 0 saturated carbocycles. The number of amides is 1. The second-order valence-electron chi connectivity index (χ2n) is 5.68. The summed E-state index contributed by atoms with van der Waals surface area (Å²) in [5.41, 5.74) is 1.10. The molecule has 21 heavy (non-hydrogen) atoms. The Morgan fingerprint density at radius 3 is 2.43 bits per heavy atom. The Kier molecular flexibility index (Phi) is 5.48. The van der Waals surface area contributed by atoms with Crippen LogP contribution in [0.2, 0.25) is 0 Å². The minimum atomic E-state index is 0.00111. The van der Waals surface area contributed by atoms with Crippen LogP contribution in [0.15, 0.2) is 18.2 Å². The van der Waals surface area contributed by atoms with Gasteiger partial charge in [0, 0.05) is 19.0 Å². The number of hydrogen-bond donors (Lipinski definition) is 0. The van der Waals surface area contributed by atoms with Gasteiger partial charge in [-0.15, -0.1) is 0 Å². The minimum Gasteiger partial charge on any atom is -0.493 e. The number of methoxy groups -OCH3 is 2. The molecule has 1 aliphatic rings. The standard InChI is InChI=1S/C17H25NO3/c1-13(17(19)18-9-5-4-6-10-18)11-14-7-8-15(20-2)16(12-14)21-3/h7-8,12-13H,4-6,9-11H2,1-3H3. The summed E-state index contributed by atoms with van der Waals surface area (Å²) in [6.45, 7) is 3.83. The van der Waals surface area contributed by atoms with Crippen molar-refractivity contribution >= 4 is 5.91 Å². The monoisotopic (exact) mass is 291 g/mol. The zero-order chi connectivity index (χ0) is 15.2. The van der Waals surface area contributed by atoms with E-state index in [0.29, 0.717) is 5.75 Å². The molecule has 4 nitrogen and oxygen atoms in total. The smallest absolute Gasteiger partial charge is 0.225 e. The van der Waals surface area contributed by atoms with Crippen molar-refractivity contribution in [1.82, 2.24) is 4.90 Å². The number of hydrogen-bond acceptors (Lipinski definition) is 3. The average molecular weight is 291 g/mol. The van der Waals surface area contributed by atoms with E-state index in [4.69, 9.17) is 9.47 Å². The maximum absolute atomic E-state index is 12.5. The summed E-state index contributed by atoms with van der Waals surface area (Å²) >= 11 is 0. The van der Waals surface area contributed by atoms with Crippen LogP contribution in [0.25, 0.3) is 0 Å². The molecule has 2 rings (SSSR count). The average Bonchev–Trinajstić information content (AvgIpc) is 2.54. The fourth-order valence-electron chi connectivity index (χ4n) is 2.87. The molecule has 1 atom stereocenters. The SMILES string of the molecule is COc1ccc(CC(C)C(=O)N2CCCCC2)cc1OC. The zero-order valence-corrected chi connectivity index (χ0v) is 13.2. The van der Waals surface area contributed by atoms with Crippen LogP contribution in [0.1, 0.15) is 31.7 Å². The van der Waals surface area contributed by atoms with E-state index >= 15 is 0 Å². The highest BCUT2D eigenvalue weighted by Gasteiger charge is 2.22. The number of carbonyl (C=O) groups excluding carboxylic acids is 1. The van der Waals surface area contributed by atoms with Gasteiger partial charge in [-0.05, 0) is 43.4 Å². The molecule has 0 N–H and O–H groups in total. The highest BCUT2D eigenvalue weighted by Crippen LogP contribution is 2.28. The molecule has 1 aliphatic heterocycles. The van der Waals surface area contributed by atoms with Gasteiger partial charge < -0.3 is 14.4 Å². The van der Waals surface area contributed by atoms with Crippen LogP contribution in [0.3, 0.4) is 0 Å². The van der Waals surface area contributed by atoms with Gasteiger partial charge >= 0.3 is 0 Å². The Morgan fingerprint density at radius 1 is 1.14 bits per heavy atom. The van der Waals surface area contributed by atoms with Crippen LogP contribution in [0.4, 0.5) is 0 Å². The highest BCUT2D eigenvalue weighted by molar-refractivity contribution is 5.78. The second kappa shape index (κ2) is 7.34. The first-order valence-electron chi connectivity index (χ1n) is 7.65. The van der Waals surface area contributed by atoms with Crippen molar-refractivity contribution in [2.24, 2.45) is 5.92 Å². The minimum absolute atomic E-state index is 0.00111. The quantitative estimate of drug-likeness (QED) is 0.837. The number of likely N-dealkylation sites (tertiary alicyclic amines) is 1. The molecule has 0 bridgehead atoms. The summed E-state index contributed by atoms with van der Waals surface area (Å²) in [5, 5.41) is 0. The van der Waals surface area contributed by atoms with E-state index in [9.17, 15) is 4.79 Å². The maximum Gasteiger partial charge on any atom is 0.225 e. The molecule has 1 fully saturated rings. The largest absolute Gasteiger partial charge is 0.493 e. The van der Waals surface area contributed by atoms with Crippen molar-refractivity contribution in [2.45, 2.75) is 32.6 Å². The number of ether oxygens (including phenoxy) is 2. The fourth-order valence-corrected chi connectivity index (χ4v) is 2.87. The van der Waals surface area contributed by atoms with Crippen LogP contribution in [-0.4, -0.2) is 38.1 Å². The molecule has 1 unspecified atom stereocenters. The zero-order valence-electron chi connectivity index (χ0n) is 13.2. The van der Waals surface area contributed by atoms with Gasteiger partial charge in [-0.25, -0.2) is 0 Å². The van der Waals surface area contributed by atoms with E-state index in [1.807, 2.05) is 30.0 Å². The van der Waals surface area contributed by atoms with Crippen LogP contribution >= 0.6 is 0 Å². The third-order valence-corrected chi connectivity index (χ3v) is 4.08. The van der Waals surface area contributed by atoms with Crippen LogP contribution in [-0.2, 0) is 11.2 Å². The summed E-state index contributed by atoms with van der Waals surface area (Å²) < 4.78 is 10.6. The third kappa shape index (κ3) is 3.90. The summed E-state index contributed by atoms with van der Waals surface area (Å²) in [5.74, 6) is 1.70. The summed E-state index contributed by atoms with van der Waals surface area (Å²) in [4.78, 5) is 14.5. The number of piperidine rings is 1. The van der Waals surface area contributed by atoms with Gasteiger partial charge in [0.1, 0.15) is 0 Å². The molecule has 0 aliphatic carbocycles. The molecule has 1 saturated heterocycles. The predicted octanol–water partition coefficient (Wildman–Crippen LogP) is 2.89. The van der Waals surface area contributed by atoms with Gasteiger partial charge in [-0.1, -0.05) is 13.0 Å². The molecule has 0 spiro atoms. The number of carbonyl (C=O) groups is 1. The van der Waals surface area contributed by atoms with E-state index in [2.05, 4.69) is 0 Å². The molecule has 1 aromatic rings. The van der Waals surface area contributed by atoms with Crippen molar-refractivity contribution in [3.63, 3.8) is 0 Å². The fraction of sp³-hybridized carbons (Fsp3) is 0.588. The topological polar surface area (TPSA) is 38.8 Å². The number of rotatable bonds is 5. The lowest BCUT2D eigenvalue weighted by Gasteiger charge is -2.29. The molecular formula is C17H25NO3. The van der Waals surface area contributed by atoms with E-state index in [-0.39, 0.29) is 11.8 Å².